The summed E-state index contributed by atoms with van der Waals surface area (Å²) in [5.41, 5.74) is 1.18. The molecule has 1 fully saturated rings. The highest BCUT2D eigenvalue weighted by Gasteiger charge is 2.21. The molecule has 136 valence electrons. The number of hydrogen-bond acceptors (Lipinski definition) is 3. The lowest BCUT2D eigenvalue weighted by Gasteiger charge is -2.21. The van der Waals surface area contributed by atoms with E-state index < -0.39 is 0 Å². The lowest BCUT2D eigenvalue weighted by Crippen LogP contribution is -2.39. The molecule has 2 amide bonds. The first kappa shape index (κ1) is 19.7. The Kier molecular flexibility index (Phi) is 7.65. The monoisotopic (exact) mass is 381 g/mol. The smallest absolute Gasteiger partial charge is 0.229 e. The Morgan fingerprint density at radius 3 is 2.60 bits per heavy atom. The molecular weight excluding hydrogens is 358 g/mol. The molecule has 0 atom stereocenters. The van der Waals surface area contributed by atoms with Gasteiger partial charge in [0.15, 0.2) is 5.11 Å². The zero-order chi connectivity index (χ0) is 18.2. The van der Waals surface area contributed by atoms with Gasteiger partial charge in [-0.1, -0.05) is 37.8 Å². The minimum absolute atomic E-state index is 0.0311. The molecule has 7 heteroatoms. The molecule has 1 saturated carbocycles. The summed E-state index contributed by atoms with van der Waals surface area (Å²) in [7, 11) is 0. The predicted octanol–water partition coefficient (Wildman–Crippen LogP) is 4.47. The number of carbonyl (C=O) groups is 2. The molecular formula is C18H24ClN3O2S. The van der Waals surface area contributed by atoms with Crippen molar-refractivity contribution in [3.63, 3.8) is 0 Å². The van der Waals surface area contributed by atoms with Crippen LogP contribution in [0.5, 0.6) is 0 Å². The SMILES string of the molecule is CCCC(=O)Nc1ccc(Cl)c(NC(=S)NC(=O)C2CCCCC2)c1. The predicted molar refractivity (Wildman–Crippen MR) is 106 cm³/mol. The fraction of sp³-hybridized carbons (Fsp3) is 0.500. The minimum atomic E-state index is -0.0519. The van der Waals surface area contributed by atoms with Crippen LogP contribution in [-0.4, -0.2) is 16.9 Å². The van der Waals surface area contributed by atoms with Crippen LogP contribution < -0.4 is 16.0 Å². The molecule has 0 saturated heterocycles. The van der Waals surface area contributed by atoms with Crippen molar-refractivity contribution in [3.8, 4) is 0 Å². The van der Waals surface area contributed by atoms with Crippen molar-refractivity contribution in [3.05, 3.63) is 23.2 Å². The number of amides is 2. The number of carbonyl (C=O) groups excluding carboxylic acids is 2. The summed E-state index contributed by atoms with van der Waals surface area (Å²) < 4.78 is 0. The van der Waals surface area contributed by atoms with Crippen molar-refractivity contribution in [2.45, 2.75) is 51.9 Å². The van der Waals surface area contributed by atoms with E-state index in [0.717, 1.165) is 32.1 Å². The van der Waals surface area contributed by atoms with Gasteiger partial charge in [-0.3, -0.25) is 9.59 Å². The maximum Gasteiger partial charge on any atom is 0.229 e. The first-order valence-corrected chi connectivity index (χ1v) is 9.49. The molecule has 0 heterocycles. The molecule has 25 heavy (non-hydrogen) atoms. The molecule has 0 unspecified atom stereocenters. The third kappa shape index (κ3) is 6.29. The van der Waals surface area contributed by atoms with Gasteiger partial charge < -0.3 is 16.0 Å². The number of thiocarbonyl (C=S) groups is 1. The van der Waals surface area contributed by atoms with Crippen LogP contribution >= 0.6 is 23.8 Å². The molecule has 0 spiro atoms. The van der Waals surface area contributed by atoms with Gasteiger partial charge in [-0.05, 0) is 49.7 Å². The minimum Gasteiger partial charge on any atom is -0.331 e. The van der Waals surface area contributed by atoms with E-state index in [4.69, 9.17) is 23.8 Å². The Hall–Kier alpha value is -1.66. The third-order valence-electron chi connectivity index (χ3n) is 4.19. The number of hydrogen-bond donors (Lipinski definition) is 3. The highest BCUT2D eigenvalue weighted by Crippen LogP contribution is 2.26. The second-order valence-electron chi connectivity index (χ2n) is 6.27. The van der Waals surface area contributed by atoms with E-state index in [1.54, 1.807) is 18.2 Å². The summed E-state index contributed by atoms with van der Waals surface area (Å²) in [5, 5.41) is 9.17. The van der Waals surface area contributed by atoms with E-state index in [1.807, 2.05) is 6.92 Å². The molecule has 5 nitrogen and oxygen atoms in total. The fourth-order valence-electron chi connectivity index (χ4n) is 2.88. The first-order valence-electron chi connectivity index (χ1n) is 8.71. The Morgan fingerprint density at radius 2 is 1.92 bits per heavy atom. The van der Waals surface area contributed by atoms with E-state index in [9.17, 15) is 9.59 Å². The highest BCUT2D eigenvalue weighted by molar-refractivity contribution is 7.80. The van der Waals surface area contributed by atoms with Crippen LogP contribution in [0.4, 0.5) is 11.4 Å². The van der Waals surface area contributed by atoms with E-state index in [2.05, 4.69) is 16.0 Å². The van der Waals surface area contributed by atoms with Gasteiger partial charge >= 0.3 is 0 Å². The molecule has 1 aliphatic rings. The van der Waals surface area contributed by atoms with Crippen LogP contribution in [0.15, 0.2) is 18.2 Å². The molecule has 0 radical (unpaired) electrons. The van der Waals surface area contributed by atoms with Gasteiger partial charge in [0.2, 0.25) is 11.8 Å². The Balaban J connectivity index is 1.94. The van der Waals surface area contributed by atoms with Crippen LogP contribution in [0, 0.1) is 5.92 Å². The quantitative estimate of drug-likeness (QED) is 0.658. The van der Waals surface area contributed by atoms with Crippen molar-refractivity contribution in [1.82, 2.24) is 5.32 Å². The lowest BCUT2D eigenvalue weighted by molar-refractivity contribution is -0.124. The number of anilines is 2. The van der Waals surface area contributed by atoms with Crippen LogP contribution in [0.3, 0.4) is 0 Å². The third-order valence-corrected chi connectivity index (χ3v) is 4.72. The molecule has 0 aliphatic heterocycles. The van der Waals surface area contributed by atoms with Crippen molar-refractivity contribution in [2.75, 3.05) is 10.6 Å². The Labute approximate surface area is 158 Å². The number of nitrogens with one attached hydrogen (secondary N) is 3. The van der Waals surface area contributed by atoms with Crippen LogP contribution in [0.1, 0.15) is 51.9 Å². The first-order chi connectivity index (χ1) is 12.0. The van der Waals surface area contributed by atoms with Gasteiger partial charge in [0.25, 0.3) is 0 Å². The normalized spacial score (nSPS) is 14.6. The van der Waals surface area contributed by atoms with Gasteiger partial charge in [0, 0.05) is 18.0 Å². The van der Waals surface area contributed by atoms with Crippen molar-refractivity contribution >= 4 is 52.1 Å². The largest absolute Gasteiger partial charge is 0.331 e. The summed E-state index contributed by atoms with van der Waals surface area (Å²) in [4.78, 5) is 23.9. The Morgan fingerprint density at radius 1 is 1.20 bits per heavy atom. The molecule has 0 bridgehead atoms. The molecule has 1 aliphatic carbocycles. The van der Waals surface area contributed by atoms with E-state index in [-0.39, 0.29) is 22.8 Å². The average molecular weight is 382 g/mol. The van der Waals surface area contributed by atoms with E-state index >= 15 is 0 Å². The van der Waals surface area contributed by atoms with Gasteiger partial charge in [-0.15, -0.1) is 0 Å². The van der Waals surface area contributed by atoms with E-state index in [1.165, 1.54) is 6.42 Å². The molecule has 1 aromatic rings. The maximum absolute atomic E-state index is 12.2. The van der Waals surface area contributed by atoms with Gasteiger partial charge in [-0.2, -0.15) is 0 Å². The Bertz CT molecular complexity index is 645. The number of halogens is 1. The van der Waals surface area contributed by atoms with Gasteiger partial charge in [0.1, 0.15) is 0 Å². The fourth-order valence-corrected chi connectivity index (χ4v) is 3.26. The highest BCUT2D eigenvalue weighted by atomic mass is 35.5. The summed E-state index contributed by atoms with van der Waals surface area (Å²) >= 11 is 11.4. The van der Waals surface area contributed by atoms with Crippen LogP contribution in [0.25, 0.3) is 0 Å². The zero-order valence-electron chi connectivity index (χ0n) is 14.4. The average Bonchev–Trinajstić information content (AvgIpc) is 2.58. The second kappa shape index (κ2) is 9.73. The lowest BCUT2D eigenvalue weighted by atomic mass is 9.89. The molecule has 3 N–H and O–H groups in total. The maximum atomic E-state index is 12.2. The second-order valence-corrected chi connectivity index (χ2v) is 7.09. The van der Waals surface area contributed by atoms with Crippen LogP contribution in [-0.2, 0) is 9.59 Å². The summed E-state index contributed by atoms with van der Waals surface area (Å²) in [5.74, 6) is -0.0617. The molecule has 0 aromatic heterocycles. The summed E-state index contributed by atoms with van der Waals surface area (Å²) in [6.45, 7) is 1.95. The van der Waals surface area contributed by atoms with Gasteiger partial charge in [-0.25, -0.2) is 0 Å². The molecule has 1 aromatic carbocycles. The van der Waals surface area contributed by atoms with E-state index in [0.29, 0.717) is 22.8 Å². The number of benzene rings is 1. The number of rotatable bonds is 5. The van der Waals surface area contributed by atoms with Crippen molar-refractivity contribution < 1.29 is 9.59 Å². The van der Waals surface area contributed by atoms with Crippen molar-refractivity contribution in [2.24, 2.45) is 5.92 Å². The standard InChI is InChI=1S/C18H24ClN3O2S/c1-2-6-16(23)20-13-9-10-14(19)15(11-13)21-18(25)22-17(24)12-7-4-3-5-8-12/h9-12H,2-8H2,1H3,(H,20,23)(H2,21,22,24,25). The summed E-state index contributed by atoms with van der Waals surface area (Å²) in [6.07, 6.45) is 6.43. The molecule has 2 rings (SSSR count). The summed E-state index contributed by atoms with van der Waals surface area (Å²) in [6, 6.07) is 5.11. The zero-order valence-corrected chi connectivity index (χ0v) is 15.9. The van der Waals surface area contributed by atoms with Gasteiger partial charge in [0.05, 0.1) is 10.7 Å². The van der Waals surface area contributed by atoms with Crippen LogP contribution in [0.2, 0.25) is 5.02 Å². The topological polar surface area (TPSA) is 70.2 Å². The van der Waals surface area contributed by atoms with Crippen molar-refractivity contribution in [1.29, 1.82) is 0 Å².